The van der Waals surface area contributed by atoms with Gasteiger partial charge in [0.1, 0.15) is 11.4 Å². The van der Waals surface area contributed by atoms with E-state index in [0.29, 0.717) is 24.9 Å². The number of nitrogens with one attached hydrogen (secondary N) is 2. The summed E-state index contributed by atoms with van der Waals surface area (Å²) in [5, 5.41) is 13.3. The van der Waals surface area contributed by atoms with Crippen LogP contribution in [0.4, 0.5) is 24.7 Å². The number of alkyl halides is 3. The fourth-order valence-electron chi connectivity index (χ4n) is 4.13. The molecule has 2 fully saturated rings. The van der Waals surface area contributed by atoms with Crippen molar-refractivity contribution in [2.24, 2.45) is 13.0 Å². The van der Waals surface area contributed by atoms with Gasteiger partial charge < -0.3 is 20.3 Å². The molecule has 2 N–H and O–H groups in total. The van der Waals surface area contributed by atoms with Crippen LogP contribution in [-0.4, -0.2) is 69.2 Å². The first-order chi connectivity index (χ1) is 15.3. The molecule has 2 bridgehead atoms. The van der Waals surface area contributed by atoms with Gasteiger partial charge in [0.05, 0.1) is 31.1 Å². The van der Waals surface area contributed by atoms with E-state index >= 15 is 0 Å². The molecule has 3 aromatic rings. The van der Waals surface area contributed by atoms with Gasteiger partial charge in [-0.2, -0.15) is 23.4 Å². The average molecular weight is 450 g/mol. The van der Waals surface area contributed by atoms with E-state index in [1.54, 1.807) is 6.20 Å². The number of ether oxygens (including phenoxy) is 1. The van der Waals surface area contributed by atoms with Gasteiger partial charge in [-0.05, 0) is 6.07 Å². The summed E-state index contributed by atoms with van der Waals surface area (Å²) in [6, 6.07) is 1.90. The van der Waals surface area contributed by atoms with Gasteiger partial charge in [0.25, 0.3) is 5.91 Å². The highest BCUT2D eigenvalue weighted by atomic mass is 19.4. The molecule has 5 rings (SSSR count). The average Bonchev–Trinajstić information content (AvgIpc) is 3.16. The third-order valence-corrected chi connectivity index (χ3v) is 5.61. The Bertz CT molecular complexity index is 1150. The first-order valence-corrected chi connectivity index (χ1v) is 10.1. The highest BCUT2D eigenvalue weighted by Crippen LogP contribution is 2.33. The minimum atomic E-state index is -4.70. The molecule has 170 valence electrons. The Morgan fingerprint density at radius 2 is 2.16 bits per heavy atom. The molecule has 3 aromatic heterocycles. The summed E-state index contributed by atoms with van der Waals surface area (Å²) in [7, 11) is 1.35. The van der Waals surface area contributed by atoms with Gasteiger partial charge in [0.2, 0.25) is 0 Å². The number of carbonyl (C=O) groups is 1. The van der Waals surface area contributed by atoms with Crippen LogP contribution >= 0.6 is 0 Å². The maximum atomic E-state index is 13.2. The molecule has 2 aliphatic rings. The van der Waals surface area contributed by atoms with Gasteiger partial charge >= 0.3 is 6.18 Å². The van der Waals surface area contributed by atoms with E-state index in [2.05, 4.69) is 30.7 Å². The van der Waals surface area contributed by atoms with Crippen LogP contribution in [0.5, 0.6) is 0 Å². The molecule has 2 atom stereocenters. The Kier molecular flexibility index (Phi) is 5.01. The number of fused-ring (bicyclic) bond motifs is 4. The molecular weight excluding hydrogens is 429 g/mol. The molecule has 0 aromatic carbocycles. The van der Waals surface area contributed by atoms with Gasteiger partial charge in [-0.15, -0.1) is 0 Å². The number of amides is 1. The first kappa shape index (κ1) is 20.7. The second kappa shape index (κ2) is 7.74. The van der Waals surface area contributed by atoms with Crippen LogP contribution in [-0.2, 0) is 18.0 Å². The van der Waals surface area contributed by atoms with Crippen LogP contribution < -0.4 is 15.5 Å². The zero-order chi connectivity index (χ0) is 22.5. The van der Waals surface area contributed by atoms with Gasteiger partial charge in [0, 0.05) is 45.0 Å². The van der Waals surface area contributed by atoms with E-state index in [-0.39, 0.29) is 17.3 Å². The minimum Gasteiger partial charge on any atom is -0.379 e. The molecule has 13 heteroatoms. The maximum Gasteiger partial charge on any atom is 0.437 e. The summed E-state index contributed by atoms with van der Waals surface area (Å²) in [6.07, 6.45) is -0.619. The monoisotopic (exact) mass is 450 g/mol. The second-order valence-electron chi connectivity index (χ2n) is 8.00. The molecule has 1 amide bonds. The van der Waals surface area contributed by atoms with Crippen molar-refractivity contribution in [3.05, 3.63) is 35.9 Å². The molecule has 2 unspecified atom stereocenters. The predicted octanol–water partition coefficient (Wildman–Crippen LogP) is 1.16. The Labute approximate surface area is 180 Å². The smallest absolute Gasteiger partial charge is 0.379 e. The molecule has 5 heterocycles. The van der Waals surface area contributed by atoms with E-state index in [4.69, 9.17) is 4.74 Å². The topological polar surface area (TPSA) is 102 Å². The fraction of sp³-hybridized carbons (Fsp3) is 0.474. The van der Waals surface area contributed by atoms with Gasteiger partial charge in [-0.25, -0.2) is 9.50 Å². The summed E-state index contributed by atoms with van der Waals surface area (Å²) in [5.74, 6) is 0.218. The van der Waals surface area contributed by atoms with Crippen LogP contribution in [0.2, 0.25) is 0 Å². The second-order valence-corrected chi connectivity index (χ2v) is 8.00. The molecule has 2 saturated heterocycles. The lowest BCUT2D eigenvalue weighted by atomic mass is 10.1. The quantitative estimate of drug-likeness (QED) is 0.618. The van der Waals surface area contributed by atoms with Crippen LogP contribution in [0.1, 0.15) is 16.1 Å². The number of hydrogen-bond acceptors (Lipinski definition) is 7. The zero-order valence-corrected chi connectivity index (χ0v) is 17.1. The third-order valence-electron chi connectivity index (χ3n) is 5.61. The summed E-state index contributed by atoms with van der Waals surface area (Å²) in [6.45, 7) is 3.57. The SMILES string of the molecule is Cn1cc(NC(=O)c2cnn3ccc(N4CC5CNCC4COC5)nc23)c(C(F)(F)F)n1. The van der Waals surface area contributed by atoms with E-state index < -0.39 is 23.5 Å². The van der Waals surface area contributed by atoms with Crippen LogP contribution in [0.3, 0.4) is 0 Å². The standard InChI is InChI=1S/C19H21F3N8O2/c1-28-8-14(16(27-28)19(20,21)22)25-18(31)13-6-24-30-3-2-15(26-17(13)30)29-7-11-4-23-5-12(29)10-32-9-11/h2-3,6,8,11-12,23H,4-5,7,9-10H2,1H3,(H,25,31). The highest BCUT2D eigenvalue weighted by molar-refractivity contribution is 6.08. The summed E-state index contributed by atoms with van der Waals surface area (Å²) < 4.78 is 47.9. The number of carbonyl (C=O) groups excluding carboxylic acids is 1. The Hall–Kier alpha value is -3.19. The molecule has 2 aliphatic heterocycles. The van der Waals surface area contributed by atoms with Crippen LogP contribution in [0.25, 0.3) is 5.65 Å². The molecule has 0 saturated carbocycles. The zero-order valence-electron chi connectivity index (χ0n) is 17.1. The predicted molar refractivity (Wildman–Crippen MR) is 107 cm³/mol. The number of rotatable bonds is 3. The number of hydrogen-bond donors (Lipinski definition) is 2. The molecule has 10 nitrogen and oxygen atoms in total. The summed E-state index contributed by atoms with van der Waals surface area (Å²) in [5.41, 5.74) is -1.27. The number of nitrogens with zero attached hydrogens (tertiary/aromatic N) is 6. The minimum absolute atomic E-state index is 0.0657. The largest absolute Gasteiger partial charge is 0.437 e. The normalized spacial score (nSPS) is 21.6. The van der Waals surface area contributed by atoms with E-state index in [1.807, 2.05) is 6.07 Å². The van der Waals surface area contributed by atoms with Gasteiger partial charge in [0.15, 0.2) is 11.3 Å². The number of halogens is 3. The van der Waals surface area contributed by atoms with Gasteiger partial charge in [-0.1, -0.05) is 0 Å². The Balaban J connectivity index is 1.46. The van der Waals surface area contributed by atoms with Gasteiger partial charge in [-0.3, -0.25) is 9.48 Å². The van der Waals surface area contributed by atoms with Crippen LogP contribution in [0, 0.1) is 5.92 Å². The number of aryl methyl sites for hydroxylation is 1. The Morgan fingerprint density at radius 1 is 1.31 bits per heavy atom. The number of anilines is 2. The van der Waals surface area contributed by atoms with E-state index in [9.17, 15) is 18.0 Å². The van der Waals surface area contributed by atoms with Crippen molar-refractivity contribution >= 4 is 23.1 Å². The molecule has 0 spiro atoms. The van der Waals surface area contributed by atoms with E-state index in [1.165, 1.54) is 17.8 Å². The summed E-state index contributed by atoms with van der Waals surface area (Å²) in [4.78, 5) is 19.6. The van der Waals surface area contributed by atoms with Crippen molar-refractivity contribution in [3.63, 3.8) is 0 Å². The molecule has 32 heavy (non-hydrogen) atoms. The number of aromatic nitrogens is 5. The van der Waals surface area contributed by atoms with Crippen molar-refractivity contribution in [2.75, 3.05) is 43.1 Å². The molecule has 0 radical (unpaired) electrons. The van der Waals surface area contributed by atoms with Crippen molar-refractivity contribution < 1.29 is 22.7 Å². The molecular formula is C19H21F3N8O2. The van der Waals surface area contributed by atoms with Crippen molar-refractivity contribution in [1.82, 2.24) is 29.7 Å². The first-order valence-electron chi connectivity index (χ1n) is 10.1. The molecule has 0 aliphatic carbocycles. The Morgan fingerprint density at radius 3 is 2.97 bits per heavy atom. The maximum absolute atomic E-state index is 13.2. The fourth-order valence-corrected chi connectivity index (χ4v) is 4.13. The van der Waals surface area contributed by atoms with Crippen molar-refractivity contribution in [3.8, 4) is 0 Å². The third kappa shape index (κ3) is 3.77. The highest BCUT2D eigenvalue weighted by Gasteiger charge is 2.38. The lowest BCUT2D eigenvalue weighted by Gasteiger charge is -2.29. The van der Waals surface area contributed by atoms with Crippen LogP contribution in [0.15, 0.2) is 24.7 Å². The van der Waals surface area contributed by atoms with Crippen molar-refractivity contribution in [2.45, 2.75) is 12.2 Å². The summed E-state index contributed by atoms with van der Waals surface area (Å²) >= 11 is 0. The lowest BCUT2D eigenvalue weighted by Crippen LogP contribution is -2.42. The lowest BCUT2D eigenvalue weighted by molar-refractivity contribution is -0.140. The van der Waals surface area contributed by atoms with E-state index in [0.717, 1.165) is 30.5 Å². The van der Waals surface area contributed by atoms with Crippen molar-refractivity contribution in [1.29, 1.82) is 0 Å².